The van der Waals surface area contributed by atoms with Crippen LogP contribution in [0.15, 0.2) is 81.5 Å². The number of aromatic nitrogens is 1. The summed E-state index contributed by atoms with van der Waals surface area (Å²) in [6.07, 6.45) is 8.55. The molecule has 0 aliphatic rings. The molecule has 1 N–H and O–H groups in total. The van der Waals surface area contributed by atoms with E-state index < -0.39 is 5.97 Å². The minimum absolute atomic E-state index is 0.0211. The number of aliphatic carboxylic acids is 1. The highest BCUT2D eigenvalue weighted by molar-refractivity contribution is 6.31. The van der Waals surface area contributed by atoms with Crippen LogP contribution < -0.4 is 0 Å². The number of carboxylic acids is 1. The van der Waals surface area contributed by atoms with E-state index in [2.05, 4.69) is 77.9 Å². The fraction of sp³-hybridized carbons (Fsp3) is 0.425. The number of ketones is 1. The standard InChI is InChI=1S/C40H49ClN2O4/c1-11-14-16-29(24-40(9,10)23-25(4)26(5)42-32(38(45)46)17-15-12-2)36(44)35-22-34-37(47-35)30(39(6,7)8)21-33(43-34)28-18-19-31(41)27(13-3)20-28/h15-22,25H,2,11,13-14,23-24H2,1,3-10H3,(H,45,46)/b29-16-,32-17-,42-26+. The van der Waals surface area contributed by atoms with Gasteiger partial charge in [-0.2, -0.15) is 0 Å². The summed E-state index contributed by atoms with van der Waals surface area (Å²) in [4.78, 5) is 35.2. The smallest absolute Gasteiger partial charge is 0.354 e. The molecule has 1 unspecified atom stereocenters. The SMILES string of the molecule is C=C=C/C=C(\N=C(/C)C(C)CC(C)(C)C/C(=C/CCC)C(=O)c1cc2nc(-c3ccc(Cl)c(CC)c3)cc(C(C)(C)C)c2o1)C(=O)O. The van der Waals surface area contributed by atoms with E-state index >= 15 is 0 Å². The first-order valence-electron chi connectivity index (χ1n) is 16.3. The lowest BCUT2D eigenvalue weighted by Gasteiger charge is -2.29. The molecule has 0 bridgehead atoms. The molecule has 7 heteroatoms. The molecule has 3 aromatic rings. The van der Waals surface area contributed by atoms with E-state index in [-0.39, 0.29) is 34.0 Å². The molecule has 0 saturated heterocycles. The van der Waals surface area contributed by atoms with Crippen LogP contribution in [-0.2, 0) is 16.6 Å². The summed E-state index contributed by atoms with van der Waals surface area (Å²) in [5, 5.41) is 10.3. The largest absolute Gasteiger partial charge is 0.477 e. The zero-order valence-electron chi connectivity index (χ0n) is 29.4. The molecule has 1 aromatic carbocycles. The number of halogens is 1. The van der Waals surface area contributed by atoms with E-state index in [1.165, 1.54) is 12.2 Å². The second-order valence-electron chi connectivity index (χ2n) is 14.1. The highest BCUT2D eigenvalue weighted by atomic mass is 35.5. The van der Waals surface area contributed by atoms with Crippen LogP contribution in [-0.4, -0.2) is 27.6 Å². The third-order valence-electron chi connectivity index (χ3n) is 8.32. The quantitative estimate of drug-likeness (QED) is 0.0612. The van der Waals surface area contributed by atoms with Crippen molar-refractivity contribution in [1.29, 1.82) is 0 Å². The number of carbonyl (C=O) groups excluding carboxylic acids is 1. The fourth-order valence-corrected chi connectivity index (χ4v) is 5.98. The Bertz CT molecular complexity index is 1780. The van der Waals surface area contributed by atoms with Crippen molar-refractivity contribution in [2.24, 2.45) is 16.3 Å². The molecule has 0 spiro atoms. The number of hydrogen-bond donors (Lipinski definition) is 1. The minimum atomic E-state index is -1.11. The molecule has 0 aliphatic carbocycles. The van der Waals surface area contributed by atoms with Gasteiger partial charge in [-0.25, -0.2) is 9.78 Å². The molecule has 6 nitrogen and oxygen atoms in total. The average Bonchev–Trinajstić information content (AvgIpc) is 3.43. The monoisotopic (exact) mass is 656 g/mol. The van der Waals surface area contributed by atoms with Crippen molar-refractivity contribution < 1.29 is 19.1 Å². The Kier molecular flexibility index (Phi) is 12.5. The van der Waals surface area contributed by atoms with Gasteiger partial charge in [0, 0.05) is 27.9 Å². The molecule has 0 radical (unpaired) electrons. The van der Waals surface area contributed by atoms with Crippen LogP contribution >= 0.6 is 11.6 Å². The molecule has 2 aromatic heterocycles. The molecular formula is C40H49ClN2O4. The summed E-state index contributed by atoms with van der Waals surface area (Å²) in [5.74, 6) is -1.00. The van der Waals surface area contributed by atoms with Gasteiger partial charge in [0.25, 0.3) is 0 Å². The van der Waals surface area contributed by atoms with E-state index in [9.17, 15) is 14.7 Å². The first-order chi connectivity index (χ1) is 22.0. The van der Waals surface area contributed by atoms with Gasteiger partial charge in [0.1, 0.15) is 11.2 Å². The Balaban J connectivity index is 2.00. The molecule has 47 heavy (non-hydrogen) atoms. The Morgan fingerprint density at radius 3 is 2.45 bits per heavy atom. The van der Waals surface area contributed by atoms with Crippen molar-refractivity contribution in [3.63, 3.8) is 0 Å². The van der Waals surface area contributed by atoms with Gasteiger partial charge in [-0.15, -0.1) is 5.73 Å². The van der Waals surface area contributed by atoms with E-state index in [1.54, 1.807) is 6.07 Å². The van der Waals surface area contributed by atoms with Crippen LogP contribution in [0.4, 0.5) is 0 Å². The number of aliphatic imine (C=N–C) groups is 1. The highest BCUT2D eigenvalue weighted by Gasteiger charge is 2.30. The number of benzene rings is 1. The Morgan fingerprint density at radius 2 is 1.85 bits per heavy atom. The van der Waals surface area contributed by atoms with Gasteiger partial charge in [-0.3, -0.25) is 9.79 Å². The molecule has 0 aliphatic heterocycles. The van der Waals surface area contributed by atoms with Crippen LogP contribution in [0.1, 0.15) is 110 Å². The predicted molar refractivity (Wildman–Crippen MR) is 195 cm³/mol. The number of carboxylic acid groups (broad SMARTS) is 1. The van der Waals surface area contributed by atoms with Crippen LogP contribution in [0.5, 0.6) is 0 Å². The maximum absolute atomic E-state index is 14.2. The molecule has 250 valence electrons. The number of furan rings is 1. The van der Waals surface area contributed by atoms with Gasteiger partial charge >= 0.3 is 5.97 Å². The molecule has 0 amide bonds. The van der Waals surface area contributed by atoms with Crippen molar-refractivity contribution in [3.05, 3.63) is 94.0 Å². The second kappa shape index (κ2) is 15.7. The summed E-state index contributed by atoms with van der Waals surface area (Å²) >= 11 is 6.41. The normalized spacial score (nSPS) is 13.9. The summed E-state index contributed by atoms with van der Waals surface area (Å²) in [6.45, 7) is 22.1. The highest BCUT2D eigenvalue weighted by Crippen LogP contribution is 2.38. The summed E-state index contributed by atoms with van der Waals surface area (Å²) < 4.78 is 6.37. The zero-order valence-corrected chi connectivity index (χ0v) is 30.1. The maximum Gasteiger partial charge on any atom is 0.354 e. The number of aryl methyl sites for hydroxylation is 1. The molecule has 1 atom stereocenters. The van der Waals surface area contributed by atoms with Gasteiger partial charge in [-0.1, -0.05) is 92.1 Å². The van der Waals surface area contributed by atoms with Crippen LogP contribution in [0.25, 0.3) is 22.4 Å². The number of unbranched alkanes of at least 4 members (excludes halogenated alkanes) is 1. The first-order valence-corrected chi connectivity index (χ1v) is 16.7. The number of Topliss-reactive ketones (excluding diaryl/α,β-unsaturated/α-hetero) is 1. The summed E-state index contributed by atoms with van der Waals surface area (Å²) in [5.41, 5.74) is 8.41. The first kappa shape index (κ1) is 37.5. The molecule has 0 saturated carbocycles. The maximum atomic E-state index is 14.2. The number of nitrogens with zero attached hydrogens (tertiary/aromatic N) is 2. The number of pyridine rings is 1. The van der Waals surface area contributed by atoms with E-state index in [0.717, 1.165) is 46.7 Å². The van der Waals surface area contributed by atoms with E-state index in [4.69, 9.17) is 21.0 Å². The number of carbonyl (C=O) groups is 2. The Hall–Kier alpha value is -3.99. The molecule has 0 fully saturated rings. The van der Waals surface area contributed by atoms with Gasteiger partial charge in [-0.05, 0) is 90.8 Å². The van der Waals surface area contributed by atoms with Crippen molar-refractivity contribution in [3.8, 4) is 11.3 Å². The summed E-state index contributed by atoms with van der Waals surface area (Å²) in [6, 6.07) is 9.80. The number of fused-ring (bicyclic) bond motifs is 1. The topological polar surface area (TPSA) is 92.8 Å². The van der Waals surface area contributed by atoms with Gasteiger partial charge in [0.15, 0.2) is 11.3 Å². The third-order valence-corrected chi connectivity index (χ3v) is 8.69. The van der Waals surface area contributed by atoms with Crippen molar-refractivity contribution in [1.82, 2.24) is 4.98 Å². The van der Waals surface area contributed by atoms with E-state index in [0.29, 0.717) is 35.2 Å². The minimum Gasteiger partial charge on any atom is -0.477 e. The fourth-order valence-electron chi connectivity index (χ4n) is 5.72. The van der Waals surface area contributed by atoms with Gasteiger partial charge in [0.2, 0.25) is 5.78 Å². The lowest BCUT2D eigenvalue weighted by molar-refractivity contribution is -0.132. The average molecular weight is 657 g/mol. The van der Waals surface area contributed by atoms with Gasteiger partial charge < -0.3 is 9.52 Å². The van der Waals surface area contributed by atoms with Crippen molar-refractivity contribution >= 4 is 40.2 Å². The van der Waals surface area contributed by atoms with E-state index in [1.807, 2.05) is 32.1 Å². The lowest BCUT2D eigenvalue weighted by Crippen LogP contribution is -2.22. The molecule has 3 rings (SSSR count). The molecular weight excluding hydrogens is 608 g/mol. The zero-order chi connectivity index (χ0) is 35.1. The van der Waals surface area contributed by atoms with Gasteiger partial charge in [0.05, 0.1) is 5.69 Å². The van der Waals surface area contributed by atoms with Crippen molar-refractivity contribution in [2.45, 2.75) is 99.8 Å². The van der Waals surface area contributed by atoms with Crippen LogP contribution in [0.2, 0.25) is 5.02 Å². The number of rotatable bonds is 14. The third kappa shape index (κ3) is 9.76. The number of hydrogen-bond acceptors (Lipinski definition) is 5. The van der Waals surface area contributed by atoms with Crippen LogP contribution in [0, 0.1) is 11.3 Å². The predicted octanol–water partition coefficient (Wildman–Crippen LogP) is 11.1. The van der Waals surface area contributed by atoms with Crippen molar-refractivity contribution in [2.75, 3.05) is 0 Å². The second-order valence-corrected chi connectivity index (χ2v) is 14.5. The Morgan fingerprint density at radius 1 is 1.15 bits per heavy atom. The molecule has 2 heterocycles. The number of allylic oxidation sites excluding steroid dienone is 4. The van der Waals surface area contributed by atoms with Crippen LogP contribution in [0.3, 0.4) is 0 Å². The Labute approximate surface area is 285 Å². The lowest BCUT2D eigenvalue weighted by atomic mass is 9.76. The summed E-state index contributed by atoms with van der Waals surface area (Å²) in [7, 11) is 0.